The zero-order valence-electron chi connectivity index (χ0n) is 14.4. The summed E-state index contributed by atoms with van der Waals surface area (Å²) >= 11 is 0. The van der Waals surface area contributed by atoms with Crippen LogP contribution in [0.2, 0.25) is 0 Å². The minimum Gasteiger partial charge on any atom is -0.338 e. The molecule has 8 nitrogen and oxygen atoms in total. The summed E-state index contributed by atoms with van der Waals surface area (Å²) in [6, 6.07) is 5.20. The fraction of sp³-hybridized carbons (Fsp3) is 0.529. The number of aryl methyl sites for hydroxylation is 2. The first-order valence-corrected chi connectivity index (χ1v) is 8.77. The van der Waals surface area contributed by atoms with Crippen molar-refractivity contribution in [2.45, 2.75) is 51.7 Å². The molecule has 0 unspecified atom stereocenters. The van der Waals surface area contributed by atoms with Crippen LogP contribution in [0.3, 0.4) is 0 Å². The van der Waals surface area contributed by atoms with Crippen molar-refractivity contribution in [2.75, 3.05) is 6.54 Å². The van der Waals surface area contributed by atoms with Crippen LogP contribution in [0, 0.1) is 0 Å². The molecule has 0 fully saturated rings. The van der Waals surface area contributed by atoms with Crippen LogP contribution in [0.5, 0.6) is 0 Å². The number of carbonyl (C=O) groups is 1. The zero-order chi connectivity index (χ0) is 17.6. The number of pyridine rings is 1. The van der Waals surface area contributed by atoms with Gasteiger partial charge in [-0.25, -0.2) is 14.3 Å². The van der Waals surface area contributed by atoms with Crippen LogP contribution in [-0.2, 0) is 19.5 Å². The molecule has 134 valence electrons. The number of nitrogens with one attached hydrogen (secondary N) is 2. The molecule has 0 saturated heterocycles. The average Bonchev–Trinajstić information content (AvgIpc) is 2.96. The van der Waals surface area contributed by atoms with Crippen LogP contribution in [0.15, 0.2) is 29.2 Å². The van der Waals surface area contributed by atoms with Crippen LogP contribution < -0.4 is 16.3 Å². The Balaban J connectivity index is 1.42. The third-order valence-corrected chi connectivity index (χ3v) is 4.34. The maximum Gasteiger partial charge on any atom is 0.345 e. The summed E-state index contributed by atoms with van der Waals surface area (Å²) in [4.78, 5) is 28.3. The number of rotatable bonds is 6. The molecule has 3 rings (SSSR count). The van der Waals surface area contributed by atoms with Crippen LogP contribution in [-0.4, -0.2) is 31.9 Å². The highest BCUT2D eigenvalue weighted by molar-refractivity contribution is 5.74. The van der Waals surface area contributed by atoms with Gasteiger partial charge in [0.05, 0.1) is 11.7 Å². The van der Waals surface area contributed by atoms with Gasteiger partial charge in [0, 0.05) is 32.3 Å². The number of hydrogen-bond acceptors (Lipinski definition) is 4. The smallest absolute Gasteiger partial charge is 0.338 e. The van der Waals surface area contributed by atoms with Crippen molar-refractivity contribution in [3.8, 4) is 0 Å². The second kappa shape index (κ2) is 7.96. The molecule has 1 aliphatic rings. The van der Waals surface area contributed by atoms with Crippen molar-refractivity contribution in [3.05, 3.63) is 46.4 Å². The summed E-state index contributed by atoms with van der Waals surface area (Å²) < 4.78 is 3.27. The molecular weight excluding hydrogens is 320 g/mol. The van der Waals surface area contributed by atoms with Crippen molar-refractivity contribution in [1.29, 1.82) is 0 Å². The van der Waals surface area contributed by atoms with E-state index in [0.29, 0.717) is 19.5 Å². The van der Waals surface area contributed by atoms with Gasteiger partial charge in [-0.15, -0.1) is 0 Å². The molecule has 2 aromatic heterocycles. The maximum atomic E-state index is 12.2. The number of hydrogen-bond donors (Lipinski definition) is 2. The van der Waals surface area contributed by atoms with Crippen LogP contribution in [0.4, 0.5) is 4.79 Å². The molecule has 2 amide bonds. The second-order valence-corrected chi connectivity index (χ2v) is 6.26. The summed E-state index contributed by atoms with van der Waals surface area (Å²) in [5.74, 6) is 0.881. The highest BCUT2D eigenvalue weighted by Gasteiger charge is 2.16. The van der Waals surface area contributed by atoms with Crippen molar-refractivity contribution in [3.63, 3.8) is 0 Å². The van der Waals surface area contributed by atoms with E-state index in [4.69, 9.17) is 0 Å². The monoisotopic (exact) mass is 344 g/mol. The zero-order valence-corrected chi connectivity index (χ0v) is 14.4. The number of nitrogens with zero attached hydrogens (tertiary/aromatic N) is 4. The highest BCUT2D eigenvalue weighted by Crippen LogP contribution is 2.09. The Morgan fingerprint density at radius 2 is 2.24 bits per heavy atom. The number of urea groups is 1. The molecule has 1 atom stereocenters. The van der Waals surface area contributed by atoms with E-state index in [-0.39, 0.29) is 17.8 Å². The molecule has 0 radical (unpaired) electrons. The molecule has 25 heavy (non-hydrogen) atoms. The molecule has 2 N–H and O–H groups in total. The first-order valence-electron chi connectivity index (χ1n) is 8.77. The van der Waals surface area contributed by atoms with E-state index in [1.165, 1.54) is 4.68 Å². The minimum atomic E-state index is -0.241. The molecule has 0 aliphatic carbocycles. The fourth-order valence-electron chi connectivity index (χ4n) is 2.98. The van der Waals surface area contributed by atoms with E-state index in [0.717, 1.165) is 37.3 Å². The Kier molecular flexibility index (Phi) is 5.47. The minimum absolute atomic E-state index is 0.0390. The summed E-state index contributed by atoms with van der Waals surface area (Å²) in [5.41, 5.74) is 0.774. The van der Waals surface area contributed by atoms with Crippen molar-refractivity contribution >= 4 is 6.03 Å². The molecule has 8 heteroatoms. The maximum absolute atomic E-state index is 12.2. The third-order valence-electron chi connectivity index (χ3n) is 4.34. The van der Waals surface area contributed by atoms with Gasteiger partial charge in [0.1, 0.15) is 5.82 Å². The Morgan fingerprint density at radius 1 is 1.36 bits per heavy atom. The van der Waals surface area contributed by atoms with E-state index in [9.17, 15) is 9.59 Å². The standard InChI is InChI=1S/C17H24N6O2/c1-13(14-7-2-4-9-18-14)20-16(24)19-10-6-12-23-17(25)22-11-5-3-8-15(22)21-23/h2,4,7,9,13H,3,5-6,8,10-12H2,1H3,(H2,19,20,24)/t13-/m1/s1. The van der Waals surface area contributed by atoms with Gasteiger partial charge in [-0.05, 0) is 38.3 Å². The van der Waals surface area contributed by atoms with Gasteiger partial charge in [0.25, 0.3) is 0 Å². The van der Waals surface area contributed by atoms with E-state index >= 15 is 0 Å². The SMILES string of the molecule is C[C@@H](NC(=O)NCCCn1nc2n(c1=O)CCCC2)c1ccccn1. The average molecular weight is 344 g/mol. The van der Waals surface area contributed by atoms with Gasteiger partial charge in [-0.3, -0.25) is 9.55 Å². The topological polar surface area (TPSA) is 93.8 Å². The first-order chi connectivity index (χ1) is 12.1. The number of amides is 2. The Bertz CT molecular complexity index is 767. The predicted octanol–water partition coefficient (Wildman–Crippen LogP) is 1.23. The van der Waals surface area contributed by atoms with Crippen LogP contribution >= 0.6 is 0 Å². The fourth-order valence-corrected chi connectivity index (χ4v) is 2.98. The largest absolute Gasteiger partial charge is 0.345 e. The van der Waals surface area contributed by atoms with E-state index < -0.39 is 0 Å². The Labute approximate surface area is 146 Å². The lowest BCUT2D eigenvalue weighted by Crippen LogP contribution is -2.38. The predicted molar refractivity (Wildman–Crippen MR) is 93.2 cm³/mol. The summed E-state index contributed by atoms with van der Waals surface area (Å²) in [7, 11) is 0. The van der Waals surface area contributed by atoms with E-state index in [2.05, 4.69) is 20.7 Å². The van der Waals surface area contributed by atoms with Gasteiger partial charge >= 0.3 is 11.7 Å². The van der Waals surface area contributed by atoms with Gasteiger partial charge in [0.2, 0.25) is 0 Å². The molecule has 3 heterocycles. The lowest BCUT2D eigenvalue weighted by atomic mass is 10.2. The lowest BCUT2D eigenvalue weighted by Gasteiger charge is -2.14. The lowest BCUT2D eigenvalue weighted by molar-refractivity contribution is 0.237. The normalized spacial score (nSPS) is 14.6. The Morgan fingerprint density at radius 3 is 3.00 bits per heavy atom. The van der Waals surface area contributed by atoms with E-state index in [1.54, 1.807) is 10.8 Å². The number of fused-ring (bicyclic) bond motifs is 1. The molecule has 0 bridgehead atoms. The molecule has 1 aliphatic heterocycles. The van der Waals surface area contributed by atoms with E-state index in [1.807, 2.05) is 25.1 Å². The van der Waals surface area contributed by atoms with Crippen molar-refractivity contribution < 1.29 is 4.79 Å². The molecule has 0 saturated carbocycles. The van der Waals surface area contributed by atoms with Gasteiger partial charge < -0.3 is 10.6 Å². The van der Waals surface area contributed by atoms with Crippen molar-refractivity contribution in [2.24, 2.45) is 0 Å². The second-order valence-electron chi connectivity index (χ2n) is 6.26. The number of carbonyl (C=O) groups excluding carboxylic acids is 1. The van der Waals surface area contributed by atoms with Crippen molar-refractivity contribution in [1.82, 2.24) is 30.0 Å². The highest BCUT2D eigenvalue weighted by atomic mass is 16.2. The van der Waals surface area contributed by atoms with Crippen LogP contribution in [0.1, 0.15) is 43.7 Å². The number of aromatic nitrogens is 4. The van der Waals surface area contributed by atoms with Gasteiger partial charge in [0.15, 0.2) is 0 Å². The molecular formula is C17H24N6O2. The van der Waals surface area contributed by atoms with Crippen LogP contribution in [0.25, 0.3) is 0 Å². The summed E-state index contributed by atoms with van der Waals surface area (Å²) in [6.45, 7) is 3.64. The molecule has 2 aromatic rings. The first kappa shape index (κ1) is 17.2. The third kappa shape index (κ3) is 4.26. The summed E-state index contributed by atoms with van der Waals surface area (Å²) in [5, 5.41) is 10.0. The van der Waals surface area contributed by atoms with Gasteiger partial charge in [-0.1, -0.05) is 6.07 Å². The quantitative estimate of drug-likeness (QED) is 0.771. The molecule has 0 spiro atoms. The van der Waals surface area contributed by atoms with Gasteiger partial charge in [-0.2, -0.15) is 5.10 Å². The molecule has 0 aromatic carbocycles. The summed E-state index contributed by atoms with van der Waals surface area (Å²) in [6.07, 6.45) is 5.35. The Hall–Kier alpha value is -2.64.